The van der Waals surface area contributed by atoms with Crippen molar-refractivity contribution in [2.24, 2.45) is 0 Å². The van der Waals surface area contributed by atoms with Gasteiger partial charge in [-0.25, -0.2) is 4.98 Å². The summed E-state index contributed by atoms with van der Waals surface area (Å²) in [5.41, 5.74) is 1.03. The van der Waals surface area contributed by atoms with E-state index in [0.717, 1.165) is 69.1 Å². The standard InChI is InChI=1S/C23H33N5O2S/c29-21(24-10-9-22-25-19-7-3-4-8-20(19)31-22)17-26-13-15-27(16-14-26)18-23(30)28-11-5-1-2-6-12-28/h3-4,7-8H,1-2,5-6,9-18H2,(H,24,29). The maximum atomic E-state index is 12.6. The first-order valence-electron chi connectivity index (χ1n) is 11.5. The van der Waals surface area contributed by atoms with Gasteiger partial charge in [-0.3, -0.25) is 19.4 Å². The average molecular weight is 444 g/mol. The molecule has 7 nitrogen and oxygen atoms in total. The number of likely N-dealkylation sites (tertiary alicyclic amines) is 1. The molecule has 0 bridgehead atoms. The smallest absolute Gasteiger partial charge is 0.236 e. The van der Waals surface area contributed by atoms with Crippen LogP contribution in [0.1, 0.15) is 30.7 Å². The fourth-order valence-corrected chi connectivity index (χ4v) is 5.28. The molecule has 2 aromatic rings. The number of nitrogens with one attached hydrogen (secondary N) is 1. The van der Waals surface area contributed by atoms with Crippen LogP contribution in [0.2, 0.25) is 0 Å². The van der Waals surface area contributed by atoms with E-state index in [2.05, 4.69) is 26.2 Å². The summed E-state index contributed by atoms with van der Waals surface area (Å²) in [6, 6.07) is 8.13. The highest BCUT2D eigenvalue weighted by Gasteiger charge is 2.23. The Balaban J connectivity index is 1.12. The lowest BCUT2D eigenvalue weighted by Crippen LogP contribution is -2.52. The van der Waals surface area contributed by atoms with Gasteiger partial charge in [0.2, 0.25) is 11.8 Å². The SMILES string of the molecule is O=C(CN1CCN(CC(=O)N2CCCCCC2)CC1)NCCc1nc2ccccc2s1. The van der Waals surface area contributed by atoms with Crippen molar-refractivity contribution in [3.8, 4) is 0 Å². The zero-order valence-corrected chi connectivity index (χ0v) is 19.0. The van der Waals surface area contributed by atoms with Crippen LogP contribution in [0.5, 0.6) is 0 Å². The minimum absolute atomic E-state index is 0.0650. The molecule has 4 rings (SSSR count). The number of fused-ring (bicyclic) bond motifs is 1. The number of amides is 2. The molecule has 2 saturated heterocycles. The van der Waals surface area contributed by atoms with Gasteiger partial charge in [-0.05, 0) is 25.0 Å². The van der Waals surface area contributed by atoms with Crippen molar-refractivity contribution in [3.63, 3.8) is 0 Å². The number of carbonyl (C=O) groups excluding carboxylic acids is 2. The van der Waals surface area contributed by atoms with Crippen LogP contribution in [0.4, 0.5) is 0 Å². The molecule has 168 valence electrons. The molecule has 1 N–H and O–H groups in total. The molecular formula is C23H33N5O2S. The summed E-state index contributed by atoms with van der Waals surface area (Å²) in [7, 11) is 0. The van der Waals surface area contributed by atoms with Crippen LogP contribution in [-0.4, -0.2) is 90.4 Å². The summed E-state index contributed by atoms with van der Waals surface area (Å²) < 4.78 is 1.19. The van der Waals surface area contributed by atoms with Crippen molar-refractivity contribution in [2.75, 3.05) is 58.9 Å². The maximum Gasteiger partial charge on any atom is 0.236 e. The van der Waals surface area contributed by atoms with E-state index in [4.69, 9.17) is 0 Å². The third-order valence-electron chi connectivity index (χ3n) is 6.15. The molecule has 0 unspecified atom stereocenters. The molecular weight excluding hydrogens is 410 g/mol. The van der Waals surface area contributed by atoms with Gasteiger partial charge in [-0.1, -0.05) is 25.0 Å². The number of para-hydroxylation sites is 1. The molecule has 2 aliphatic heterocycles. The van der Waals surface area contributed by atoms with Crippen molar-refractivity contribution in [3.05, 3.63) is 29.3 Å². The Bertz CT molecular complexity index is 837. The monoisotopic (exact) mass is 443 g/mol. The number of hydrogen-bond acceptors (Lipinski definition) is 6. The molecule has 0 spiro atoms. The molecule has 31 heavy (non-hydrogen) atoms. The van der Waals surface area contributed by atoms with Gasteiger partial charge in [0, 0.05) is 52.2 Å². The highest BCUT2D eigenvalue weighted by Crippen LogP contribution is 2.21. The van der Waals surface area contributed by atoms with Crippen LogP contribution in [0.25, 0.3) is 10.2 Å². The second-order valence-electron chi connectivity index (χ2n) is 8.52. The maximum absolute atomic E-state index is 12.6. The Hall–Kier alpha value is -2.03. The number of nitrogens with zero attached hydrogens (tertiary/aromatic N) is 4. The van der Waals surface area contributed by atoms with Gasteiger partial charge in [0.05, 0.1) is 28.3 Å². The van der Waals surface area contributed by atoms with Crippen molar-refractivity contribution < 1.29 is 9.59 Å². The van der Waals surface area contributed by atoms with Gasteiger partial charge in [0.15, 0.2) is 0 Å². The molecule has 2 fully saturated rings. The summed E-state index contributed by atoms with van der Waals surface area (Å²) in [6.07, 6.45) is 5.51. The first-order chi connectivity index (χ1) is 15.2. The summed E-state index contributed by atoms with van der Waals surface area (Å²) >= 11 is 1.69. The van der Waals surface area contributed by atoms with Crippen LogP contribution in [0.15, 0.2) is 24.3 Å². The summed E-state index contributed by atoms with van der Waals surface area (Å²) in [5.74, 6) is 0.332. The Labute approximate surface area is 188 Å². The van der Waals surface area contributed by atoms with Gasteiger partial charge in [-0.2, -0.15) is 0 Å². The highest BCUT2D eigenvalue weighted by molar-refractivity contribution is 7.18. The molecule has 0 radical (unpaired) electrons. The second kappa shape index (κ2) is 11.0. The van der Waals surface area contributed by atoms with Crippen LogP contribution in [0.3, 0.4) is 0 Å². The number of thiazole rings is 1. The number of carbonyl (C=O) groups is 2. The molecule has 0 atom stereocenters. The van der Waals surface area contributed by atoms with Crippen LogP contribution in [-0.2, 0) is 16.0 Å². The third kappa shape index (κ3) is 6.48. The summed E-state index contributed by atoms with van der Waals surface area (Å²) in [6.45, 7) is 6.74. The van der Waals surface area contributed by atoms with E-state index in [1.165, 1.54) is 17.5 Å². The Kier molecular flexibility index (Phi) is 7.88. The van der Waals surface area contributed by atoms with E-state index in [1.54, 1.807) is 11.3 Å². The van der Waals surface area contributed by atoms with Gasteiger partial charge in [0.25, 0.3) is 0 Å². The van der Waals surface area contributed by atoms with Crippen molar-refractivity contribution in [2.45, 2.75) is 32.1 Å². The first-order valence-corrected chi connectivity index (χ1v) is 12.3. The quantitative estimate of drug-likeness (QED) is 0.709. The van der Waals surface area contributed by atoms with Gasteiger partial charge < -0.3 is 10.2 Å². The van der Waals surface area contributed by atoms with Crippen LogP contribution < -0.4 is 5.32 Å². The average Bonchev–Trinajstić information content (AvgIpc) is 2.99. The largest absolute Gasteiger partial charge is 0.355 e. The lowest BCUT2D eigenvalue weighted by Gasteiger charge is -2.35. The molecule has 1 aromatic carbocycles. The molecule has 3 heterocycles. The van der Waals surface area contributed by atoms with E-state index in [9.17, 15) is 9.59 Å². The number of rotatable bonds is 7. The fourth-order valence-electron chi connectivity index (χ4n) is 4.31. The van der Waals surface area contributed by atoms with Crippen LogP contribution in [0, 0.1) is 0 Å². The number of benzene rings is 1. The lowest BCUT2D eigenvalue weighted by atomic mass is 10.2. The van der Waals surface area contributed by atoms with Gasteiger partial charge in [-0.15, -0.1) is 11.3 Å². The number of aromatic nitrogens is 1. The predicted octanol–water partition coefficient (Wildman–Crippen LogP) is 1.98. The number of hydrogen-bond donors (Lipinski definition) is 1. The van der Waals surface area contributed by atoms with E-state index in [1.807, 2.05) is 23.1 Å². The Morgan fingerprint density at radius 2 is 1.58 bits per heavy atom. The van der Waals surface area contributed by atoms with E-state index < -0.39 is 0 Å². The van der Waals surface area contributed by atoms with Gasteiger partial charge in [0.1, 0.15) is 0 Å². The van der Waals surface area contributed by atoms with Crippen molar-refractivity contribution >= 4 is 33.4 Å². The van der Waals surface area contributed by atoms with Crippen molar-refractivity contribution in [1.29, 1.82) is 0 Å². The Morgan fingerprint density at radius 1 is 0.903 bits per heavy atom. The molecule has 2 amide bonds. The molecule has 8 heteroatoms. The van der Waals surface area contributed by atoms with E-state index in [0.29, 0.717) is 19.6 Å². The second-order valence-corrected chi connectivity index (χ2v) is 9.64. The van der Waals surface area contributed by atoms with Crippen molar-refractivity contribution in [1.82, 2.24) is 25.0 Å². The van der Waals surface area contributed by atoms with E-state index >= 15 is 0 Å². The number of piperazine rings is 1. The zero-order chi connectivity index (χ0) is 21.5. The topological polar surface area (TPSA) is 68.8 Å². The first kappa shape index (κ1) is 22.2. The molecule has 2 aliphatic rings. The minimum atomic E-state index is 0.0650. The minimum Gasteiger partial charge on any atom is -0.355 e. The highest BCUT2D eigenvalue weighted by atomic mass is 32.1. The van der Waals surface area contributed by atoms with Crippen LogP contribution >= 0.6 is 11.3 Å². The summed E-state index contributed by atoms with van der Waals surface area (Å²) in [5, 5.41) is 4.09. The predicted molar refractivity (Wildman–Crippen MR) is 124 cm³/mol. The third-order valence-corrected chi connectivity index (χ3v) is 7.25. The fraction of sp³-hybridized carbons (Fsp3) is 0.609. The van der Waals surface area contributed by atoms with Gasteiger partial charge >= 0.3 is 0 Å². The molecule has 0 saturated carbocycles. The van der Waals surface area contributed by atoms with E-state index in [-0.39, 0.29) is 11.8 Å². The summed E-state index contributed by atoms with van der Waals surface area (Å²) in [4.78, 5) is 36.0. The lowest BCUT2D eigenvalue weighted by molar-refractivity contribution is -0.133. The molecule has 1 aromatic heterocycles. The Morgan fingerprint density at radius 3 is 2.29 bits per heavy atom. The molecule has 0 aliphatic carbocycles. The normalized spacial score (nSPS) is 18.8. The zero-order valence-electron chi connectivity index (χ0n) is 18.2.